The Bertz CT molecular complexity index is 1000. The van der Waals surface area contributed by atoms with Crippen molar-refractivity contribution in [3.8, 4) is 5.69 Å². The molecule has 1 amide bonds. The van der Waals surface area contributed by atoms with Crippen molar-refractivity contribution in [1.29, 1.82) is 0 Å². The van der Waals surface area contributed by atoms with Crippen molar-refractivity contribution < 1.29 is 4.79 Å². The Morgan fingerprint density at radius 3 is 2.38 bits per heavy atom. The van der Waals surface area contributed by atoms with Gasteiger partial charge in [-0.25, -0.2) is 4.68 Å². The Labute approximate surface area is 171 Å². The first-order valence-electron chi connectivity index (χ1n) is 10.2. The molecule has 1 fully saturated rings. The predicted molar refractivity (Wildman–Crippen MR) is 115 cm³/mol. The number of carbonyl (C=O) groups excluding carboxylic acids is 1. The number of benzene rings is 2. The van der Waals surface area contributed by atoms with Crippen LogP contribution in [0.1, 0.15) is 34.1 Å². The zero-order valence-corrected chi connectivity index (χ0v) is 17.3. The summed E-state index contributed by atoms with van der Waals surface area (Å²) in [4.78, 5) is 17.1. The molecule has 150 valence electrons. The number of aryl methyl sites for hydroxylation is 3. The number of nitrogens with zero attached hydrogens (tertiary/aromatic N) is 5. The maximum atomic E-state index is 12.9. The van der Waals surface area contributed by atoms with E-state index in [1.54, 1.807) is 10.9 Å². The van der Waals surface area contributed by atoms with Gasteiger partial charge in [-0.2, -0.15) is 0 Å². The zero-order chi connectivity index (χ0) is 20.4. The van der Waals surface area contributed by atoms with Crippen LogP contribution in [0.4, 0.5) is 5.69 Å². The average molecular weight is 390 g/mol. The Balaban J connectivity index is 1.41. The van der Waals surface area contributed by atoms with E-state index in [-0.39, 0.29) is 5.91 Å². The minimum Gasteiger partial charge on any atom is -0.368 e. The van der Waals surface area contributed by atoms with Gasteiger partial charge in [-0.3, -0.25) is 4.79 Å². The Hall–Kier alpha value is -3.15. The highest BCUT2D eigenvalue weighted by Crippen LogP contribution is 2.23. The topological polar surface area (TPSA) is 54.3 Å². The van der Waals surface area contributed by atoms with Crippen molar-refractivity contribution in [2.45, 2.75) is 27.2 Å². The van der Waals surface area contributed by atoms with Crippen molar-refractivity contribution in [1.82, 2.24) is 19.9 Å². The van der Waals surface area contributed by atoms with Crippen LogP contribution in [0.15, 0.2) is 48.7 Å². The monoisotopic (exact) mass is 389 g/mol. The summed E-state index contributed by atoms with van der Waals surface area (Å²) < 4.78 is 1.67. The quantitative estimate of drug-likeness (QED) is 0.686. The third-order valence-electron chi connectivity index (χ3n) is 5.58. The largest absolute Gasteiger partial charge is 0.368 e. The van der Waals surface area contributed by atoms with E-state index in [2.05, 4.69) is 66.3 Å². The van der Waals surface area contributed by atoms with Gasteiger partial charge in [-0.15, -0.1) is 5.10 Å². The van der Waals surface area contributed by atoms with Crippen LogP contribution < -0.4 is 4.90 Å². The number of hydrogen-bond acceptors (Lipinski definition) is 4. The van der Waals surface area contributed by atoms with E-state index in [9.17, 15) is 4.79 Å². The normalized spacial score (nSPS) is 14.3. The molecule has 1 aliphatic rings. The zero-order valence-electron chi connectivity index (χ0n) is 17.3. The maximum Gasteiger partial charge on any atom is 0.276 e. The molecule has 0 radical (unpaired) electrons. The molecule has 0 saturated carbocycles. The maximum absolute atomic E-state index is 12.9. The number of rotatable bonds is 4. The first kappa shape index (κ1) is 19.2. The van der Waals surface area contributed by atoms with Gasteiger partial charge >= 0.3 is 0 Å². The summed E-state index contributed by atoms with van der Waals surface area (Å²) in [6.45, 7) is 9.39. The second kappa shape index (κ2) is 8.07. The summed E-state index contributed by atoms with van der Waals surface area (Å²) in [6, 6.07) is 14.7. The van der Waals surface area contributed by atoms with Gasteiger partial charge in [0.1, 0.15) is 0 Å². The third kappa shape index (κ3) is 4.01. The Morgan fingerprint density at radius 2 is 1.72 bits per heavy atom. The minimum atomic E-state index is -0.0540. The summed E-state index contributed by atoms with van der Waals surface area (Å²) in [6.07, 6.45) is 2.72. The van der Waals surface area contributed by atoms with Crippen molar-refractivity contribution in [3.05, 3.63) is 71.0 Å². The molecule has 29 heavy (non-hydrogen) atoms. The molecular weight excluding hydrogens is 362 g/mol. The third-order valence-corrected chi connectivity index (χ3v) is 5.58. The summed E-state index contributed by atoms with van der Waals surface area (Å²) in [5, 5.41) is 8.27. The number of anilines is 1. The highest BCUT2D eigenvalue weighted by atomic mass is 16.2. The van der Waals surface area contributed by atoms with E-state index >= 15 is 0 Å². The van der Waals surface area contributed by atoms with Gasteiger partial charge in [0.2, 0.25) is 0 Å². The van der Waals surface area contributed by atoms with E-state index in [0.29, 0.717) is 18.8 Å². The molecule has 0 bridgehead atoms. The lowest BCUT2D eigenvalue weighted by Crippen LogP contribution is -2.49. The first-order valence-corrected chi connectivity index (χ1v) is 10.2. The fraction of sp³-hybridized carbons (Fsp3) is 0.348. The van der Waals surface area contributed by atoms with Crippen molar-refractivity contribution in [2.24, 2.45) is 0 Å². The lowest BCUT2D eigenvalue weighted by molar-refractivity contribution is 0.0740. The summed E-state index contributed by atoms with van der Waals surface area (Å²) in [7, 11) is 0. The van der Waals surface area contributed by atoms with Crippen LogP contribution in [-0.4, -0.2) is 52.0 Å². The van der Waals surface area contributed by atoms with Gasteiger partial charge in [-0.1, -0.05) is 42.0 Å². The molecule has 0 unspecified atom stereocenters. The summed E-state index contributed by atoms with van der Waals surface area (Å²) in [5.41, 5.74) is 6.38. The molecule has 6 nitrogen and oxygen atoms in total. The van der Waals surface area contributed by atoms with Crippen molar-refractivity contribution in [2.75, 3.05) is 31.1 Å². The fourth-order valence-corrected chi connectivity index (χ4v) is 3.85. The molecule has 2 aromatic carbocycles. The van der Waals surface area contributed by atoms with E-state index in [0.717, 1.165) is 25.2 Å². The molecule has 4 rings (SSSR count). The predicted octanol–water partition coefficient (Wildman–Crippen LogP) is 3.41. The summed E-state index contributed by atoms with van der Waals surface area (Å²) in [5.74, 6) is -0.0540. The van der Waals surface area contributed by atoms with Gasteiger partial charge in [0.25, 0.3) is 5.91 Å². The van der Waals surface area contributed by atoms with E-state index in [1.807, 2.05) is 17.0 Å². The number of piperazine rings is 1. The number of aromatic nitrogens is 3. The Kier molecular flexibility index (Phi) is 5.34. The van der Waals surface area contributed by atoms with Gasteiger partial charge in [0.15, 0.2) is 5.69 Å². The lowest BCUT2D eigenvalue weighted by atomic mass is 10.1. The fourth-order valence-electron chi connectivity index (χ4n) is 3.85. The number of hydrogen-bond donors (Lipinski definition) is 0. The number of carbonyl (C=O) groups is 1. The minimum absolute atomic E-state index is 0.0540. The molecule has 0 atom stereocenters. The molecule has 0 aliphatic carbocycles. The molecule has 1 saturated heterocycles. The van der Waals surface area contributed by atoms with Crippen LogP contribution in [0.25, 0.3) is 5.69 Å². The molecule has 2 heterocycles. The van der Waals surface area contributed by atoms with Crippen molar-refractivity contribution >= 4 is 11.6 Å². The summed E-state index contributed by atoms with van der Waals surface area (Å²) >= 11 is 0. The highest BCUT2D eigenvalue weighted by molar-refractivity contribution is 5.92. The van der Waals surface area contributed by atoms with Crippen LogP contribution in [0.2, 0.25) is 0 Å². The lowest BCUT2D eigenvalue weighted by Gasteiger charge is -2.36. The van der Waals surface area contributed by atoms with Crippen LogP contribution >= 0.6 is 0 Å². The molecule has 1 aromatic heterocycles. The molecule has 1 aliphatic heterocycles. The standard InChI is InChI=1S/C23H27N5O/c1-4-19-6-8-20(9-7-19)28-16-21(24-25-28)23(29)27-13-11-26(12-14-27)22-10-5-17(2)15-18(22)3/h5-10,15-16H,4,11-14H2,1-3H3. The van der Waals surface area contributed by atoms with Gasteiger partial charge in [0, 0.05) is 31.9 Å². The second-order valence-electron chi connectivity index (χ2n) is 7.64. The van der Waals surface area contributed by atoms with E-state index in [1.165, 1.54) is 22.4 Å². The van der Waals surface area contributed by atoms with E-state index < -0.39 is 0 Å². The smallest absolute Gasteiger partial charge is 0.276 e. The van der Waals surface area contributed by atoms with Gasteiger partial charge in [-0.05, 0) is 49.6 Å². The molecule has 3 aromatic rings. The number of amides is 1. The highest BCUT2D eigenvalue weighted by Gasteiger charge is 2.25. The average Bonchev–Trinajstić information content (AvgIpc) is 3.24. The van der Waals surface area contributed by atoms with Crippen molar-refractivity contribution in [3.63, 3.8) is 0 Å². The van der Waals surface area contributed by atoms with E-state index in [4.69, 9.17) is 0 Å². The van der Waals surface area contributed by atoms with Gasteiger partial charge in [0.05, 0.1) is 11.9 Å². The Morgan fingerprint density at radius 1 is 1.00 bits per heavy atom. The first-order chi connectivity index (χ1) is 14.0. The van der Waals surface area contributed by atoms with Crippen LogP contribution in [0.5, 0.6) is 0 Å². The van der Waals surface area contributed by atoms with Crippen LogP contribution in [0, 0.1) is 13.8 Å². The molecule has 6 heteroatoms. The molecule has 0 spiro atoms. The van der Waals surface area contributed by atoms with Gasteiger partial charge < -0.3 is 9.80 Å². The van der Waals surface area contributed by atoms with Crippen LogP contribution in [-0.2, 0) is 6.42 Å². The SMILES string of the molecule is CCc1ccc(-n2cc(C(=O)N3CCN(c4ccc(C)cc4C)CC3)nn2)cc1. The van der Waals surface area contributed by atoms with Crippen LogP contribution in [0.3, 0.4) is 0 Å². The molecule has 0 N–H and O–H groups in total. The second-order valence-corrected chi connectivity index (χ2v) is 7.64. The molecular formula is C23H27N5O.